The quantitative estimate of drug-likeness (QED) is 0.800. The molecule has 0 atom stereocenters. The van der Waals surface area contributed by atoms with Gasteiger partial charge in [-0.25, -0.2) is 0 Å². The Morgan fingerprint density at radius 2 is 1.78 bits per heavy atom. The molecule has 0 bridgehead atoms. The molecule has 0 aromatic heterocycles. The van der Waals surface area contributed by atoms with Crippen LogP contribution in [0.15, 0.2) is 54.6 Å². The fourth-order valence-electron chi connectivity index (χ4n) is 3.11. The summed E-state index contributed by atoms with van der Waals surface area (Å²) in [5.41, 5.74) is 3.22. The van der Waals surface area contributed by atoms with Gasteiger partial charge in [0.25, 0.3) is 0 Å². The Hall–Kier alpha value is -2.79. The summed E-state index contributed by atoms with van der Waals surface area (Å²) in [5.74, 6) is 0.630. The Bertz CT molecular complexity index is 778. The van der Waals surface area contributed by atoms with E-state index in [0.717, 1.165) is 43.1 Å². The highest BCUT2D eigenvalue weighted by Gasteiger charge is 2.13. The molecule has 0 radical (unpaired) electrons. The van der Waals surface area contributed by atoms with Crippen molar-refractivity contribution in [3.63, 3.8) is 0 Å². The summed E-state index contributed by atoms with van der Waals surface area (Å²) in [7, 11) is 3.78. The standard InChI is InChI=1S/C22H27N3O2/c1-24-13-15-25(16-14-24)20-10-7-18(8-11-20)17-23-22(26)12-9-19-5-3-4-6-21(19)27-2/h3-12H,13-17H2,1-2H3,(H,23,26)/b12-9+. The van der Waals surface area contributed by atoms with Gasteiger partial charge in [-0.2, -0.15) is 0 Å². The Morgan fingerprint density at radius 3 is 2.48 bits per heavy atom. The molecule has 1 N–H and O–H groups in total. The van der Waals surface area contributed by atoms with E-state index in [4.69, 9.17) is 4.74 Å². The first kappa shape index (κ1) is 19.0. The number of benzene rings is 2. The summed E-state index contributed by atoms with van der Waals surface area (Å²) in [6.45, 7) is 4.81. The Kier molecular flexibility index (Phi) is 6.49. The highest BCUT2D eigenvalue weighted by Crippen LogP contribution is 2.19. The van der Waals surface area contributed by atoms with Gasteiger partial charge in [0.1, 0.15) is 5.75 Å². The lowest BCUT2D eigenvalue weighted by Crippen LogP contribution is -2.44. The average molecular weight is 365 g/mol. The minimum atomic E-state index is -0.121. The van der Waals surface area contributed by atoms with Crippen molar-refractivity contribution in [2.75, 3.05) is 45.2 Å². The molecule has 2 aromatic rings. The number of nitrogens with one attached hydrogen (secondary N) is 1. The molecule has 1 aliphatic rings. The Labute approximate surface area is 161 Å². The third kappa shape index (κ3) is 5.34. The normalized spacial score (nSPS) is 15.1. The van der Waals surface area contributed by atoms with E-state index in [9.17, 15) is 4.79 Å². The first-order valence-corrected chi connectivity index (χ1v) is 9.27. The SMILES string of the molecule is COc1ccccc1/C=C/C(=O)NCc1ccc(N2CCN(C)CC2)cc1. The van der Waals surface area contributed by atoms with Gasteiger partial charge in [-0.15, -0.1) is 0 Å². The largest absolute Gasteiger partial charge is 0.496 e. The maximum Gasteiger partial charge on any atom is 0.244 e. The van der Waals surface area contributed by atoms with Crippen molar-refractivity contribution < 1.29 is 9.53 Å². The van der Waals surface area contributed by atoms with E-state index in [2.05, 4.69) is 46.4 Å². The van der Waals surface area contributed by atoms with Crippen LogP contribution in [-0.4, -0.2) is 51.1 Å². The van der Waals surface area contributed by atoms with Crippen LogP contribution in [0.3, 0.4) is 0 Å². The summed E-state index contributed by atoms with van der Waals surface area (Å²) < 4.78 is 5.28. The fraction of sp³-hybridized carbons (Fsp3) is 0.318. The molecule has 5 nitrogen and oxygen atoms in total. The molecule has 3 rings (SSSR count). The number of ether oxygens (including phenoxy) is 1. The molecule has 1 aliphatic heterocycles. The summed E-state index contributed by atoms with van der Waals surface area (Å²) in [4.78, 5) is 16.8. The topological polar surface area (TPSA) is 44.8 Å². The van der Waals surface area contributed by atoms with Crippen LogP contribution in [0.2, 0.25) is 0 Å². The van der Waals surface area contributed by atoms with Gasteiger partial charge in [-0.3, -0.25) is 4.79 Å². The summed E-state index contributed by atoms with van der Waals surface area (Å²) in [6.07, 6.45) is 3.31. The number of hydrogen-bond acceptors (Lipinski definition) is 4. The van der Waals surface area contributed by atoms with E-state index in [1.165, 1.54) is 11.8 Å². The molecule has 0 saturated carbocycles. The van der Waals surface area contributed by atoms with Gasteiger partial charge < -0.3 is 19.9 Å². The van der Waals surface area contributed by atoms with Crippen molar-refractivity contribution in [2.45, 2.75) is 6.54 Å². The van der Waals surface area contributed by atoms with Crippen molar-refractivity contribution in [2.24, 2.45) is 0 Å². The van der Waals surface area contributed by atoms with Crippen molar-refractivity contribution in [3.05, 3.63) is 65.7 Å². The predicted octanol–water partition coefficient (Wildman–Crippen LogP) is 2.78. The molecule has 1 fully saturated rings. The minimum Gasteiger partial charge on any atom is -0.496 e. The molecule has 1 saturated heterocycles. The smallest absolute Gasteiger partial charge is 0.244 e. The van der Waals surface area contributed by atoms with E-state index >= 15 is 0 Å². The lowest BCUT2D eigenvalue weighted by Gasteiger charge is -2.34. The van der Waals surface area contributed by atoms with E-state index in [-0.39, 0.29) is 5.91 Å². The Morgan fingerprint density at radius 1 is 1.07 bits per heavy atom. The van der Waals surface area contributed by atoms with Gasteiger partial charge >= 0.3 is 0 Å². The monoisotopic (exact) mass is 365 g/mol. The van der Waals surface area contributed by atoms with Gasteiger partial charge in [0, 0.05) is 50.1 Å². The van der Waals surface area contributed by atoms with E-state index < -0.39 is 0 Å². The lowest BCUT2D eigenvalue weighted by molar-refractivity contribution is -0.116. The number of piperazine rings is 1. The molecule has 1 heterocycles. The number of nitrogens with zero attached hydrogens (tertiary/aromatic N) is 2. The average Bonchev–Trinajstić information content (AvgIpc) is 2.72. The molecule has 27 heavy (non-hydrogen) atoms. The zero-order valence-corrected chi connectivity index (χ0v) is 16.0. The van der Waals surface area contributed by atoms with Crippen molar-refractivity contribution in [3.8, 4) is 5.75 Å². The number of carbonyl (C=O) groups is 1. The molecule has 5 heteroatoms. The van der Waals surface area contributed by atoms with Crippen LogP contribution in [0.1, 0.15) is 11.1 Å². The highest BCUT2D eigenvalue weighted by molar-refractivity contribution is 5.92. The first-order valence-electron chi connectivity index (χ1n) is 9.27. The lowest BCUT2D eigenvalue weighted by atomic mass is 10.1. The summed E-state index contributed by atoms with van der Waals surface area (Å²) in [6, 6.07) is 16.0. The fourth-order valence-corrected chi connectivity index (χ4v) is 3.11. The number of carbonyl (C=O) groups excluding carboxylic acids is 1. The molecule has 0 unspecified atom stereocenters. The second-order valence-electron chi connectivity index (χ2n) is 6.75. The number of likely N-dealkylation sites (N-methyl/N-ethyl adjacent to an activating group) is 1. The Balaban J connectivity index is 1.51. The highest BCUT2D eigenvalue weighted by atomic mass is 16.5. The molecule has 0 aliphatic carbocycles. The summed E-state index contributed by atoms with van der Waals surface area (Å²) in [5, 5.41) is 2.92. The maximum atomic E-state index is 12.1. The predicted molar refractivity (Wildman–Crippen MR) is 110 cm³/mol. The van der Waals surface area contributed by atoms with E-state index in [1.54, 1.807) is 13.2 Å². The van der Waals surface area contributed by atoms with Gasteiger partial charge in [0.2, 0.25) is 5.91 Å². The molecule has 2 aromatic carbocycles. The second kappa shape index (κ2) is 9.24. The van der Waals surface area contributed by atoms with Crippen LogP contribution in [0.4, 0.5) is 5.69 Å². The molecule has 0 spiro atoms. The van der Waals surface area contributed by atoms with E-state index in [1.807, 2.05) is 24.3 Å². The van der Waals surface area contributed by atoms with Crippen LogP contribution in [0, 0.1) is 0 Å². The second-order valence-corrected chi connectivity index (χ2v) is 6.75. The number of amides is 1. The molecular weight excluding hydrogens is 338 g/mol. The number of rotatable bonds is 6. The third-order valence-corrected chi connectivity index (χ3v) is 4.82. The van der Waals surface area contributed by atoms with Gasteiger partial charge in [0.15, 0.2) is 0 Å². The number of anilines is 1. The zero-order valence-electron chi connectivity index (χ0n) is 16.0. The van der Waals surface area contributed by atoms with Crippen molar-refractivity contribution in [1.29, 1.82) is 0 Å². The number of methoxy groups -OCH3 is 1. The zero-order chi connectivity index (χ0) is 19.1. The van der Waals surface area contributed by atoms with E-state index in [0.29, 0.717) is 6.54 Å². The molecule has 142 valence electrons. The molecular formula is C22H27N3O2. The van der Waals surface area contributed by atoms with Gasteiger partial charge in [-0.1, -0.05) is 30.3 Å². The van der Waals surface area contributed by atoms with Crippen molar-refractivity contribution >= 4 is 17.7 Å². The number of para-hydroxylation sites is 1. The van der Waals surface area contributed by atoms with Crippen LogP contribution in [0.5, 0.6) is 5.75 Å². The van der Waals surface area contributed by atoms with Gasteiger partial charge in [-0.05, 0) is 36.9 Å². The van der Waals surface area contributed by atoms with Crippen LogP contribution in [0.25, 0.3) is 6.08 Å². The number of hydrogen-bond donors (Lipinski definition) is 1. The third-order valence-electron chi connectivity index (χ3n) is 4.82. The maximum absolute atomic E-state index is 12.1. The molecule has 1 amide bonds. The van der Waals surface area contributed by atoms with Crippen LogP contribution < -0.4 is 15.0 Å². The van der Waals surface area contributed by atoms with Crippen molar-refractivity contribution in [1.82, 2.24) is 10.2 Å². The minimum absolute atomic E-state index is 0.121. The van der Waals surface area contributed by atoms with Crippen LogP contribution in [-0.2, 0) is 11.3 Å². The van der Waals surface area contributed by atoms with Crippen LogP contribution >= 0.6 is 0 Å². The summed E-state index contributed by atoms with van der Waals surface area (Å²) >= 11 is 0. The first-order chi connectivity index (χ1) is 13.2. The van der Waals surface area contributed by atoms with Gasteiger partial charge in [0.05, 0.1) is 7.11 Å².